The highest BCUT2D eigenvalue weighted by atomic mass is 32.1. The summed E-state index contributed by atoms with van der Waals surface area (Å²) >= 11 is 1.23. The van der Waals surface area contributed by atoms with Gasteiger partial charge in [-0.3, -0.25) is 9.69 Å². The van der Waals surface area contributed by atoms with E-state index in [0.29, 0.717) is 23.7 Å². The van der Waals surface area contributed by atoms with Gasteiger partial charge in [-0.15, -0.1) is 11.3 Å². The zero-order chi connectivity index (χ0) is 28.6. The Hall–Kier alpha value is -4.07. The molecule has 6 rings (SSSR count). The summed E-state index contributed by atoms with van der Waals surface area (Å²) in [5.41, 5.74) is 6.00. The first kappa shape index (κ1) is 27.1. The van der Waals surface area contributed by atoms with Gasteiger partial charge in [0.15, 0.2) is 0 Å². The molecule has 2 aromatic heterocycles. The highest BCUT2D eigenvalue weighted by molar-refractivity contribution is 7.13. The van der Waals surface area contributed by atoms with Crippen molar-refractivity contribution in [3.8, 4) is 22.1 Å². The summed E-state index contributed by atoms with van der Waals surface area (Å²) in [4.78, 5) is 21.6. The SMILES string of the molecule is N[C@@H]1CCN2CCN(c3c(NC(=O)c4csc(-c5ccnnc5)n4)ccc(Oc4ccccc4)c3C(F)(F)F)C[C@H]12. The number of benzene rings is 2. The average Bonchev–Trinajstić information content (AvgIpc) is 3.61. The zero-order valence-corrected chi connectivity index (χ0v) is 22.5. The fraction of sp³-hybridized carbons (Fsp3) is 0.286. The molecule has 0 aliphatic carbocycles. The molecule has 0 saturated carbocycles. The minimum absolute atomic E-state index is 0.0166. The van der Waals surface area contributed by atoms with E-state index < -0.39 is 17.6 Å². The van der Waals surface area contributed by atoms with Crippen LogP contribution in [-0.4, -0.2) is 64.3 Å². The van der Waals surface area contributed by atoms with E-state index in [9.17, 15) is 18.0 Å². The summed E-state index contributed by atoms with van der Waals surface area (Å²) in [6.07, 6.45) is -0.967. The third-order valence-corrected chi connectivity index (χ3v) is 8.20. The minimum Gasteiger partial charge on any atom is -0.457 e. The zero-order valence-electron chi connectivity index (χ0n) is 21.7. The van der Waals surface area contributed by atoms with Crippen LogP contribution in [0, 0.1) is 0 Å². The van der Waals surface area contributed by atoms with Gasteiger partial charge in [0, 0.05) is 49.2 Å². The first-order valence-electron chi connectivity index (χ1n) is 13.0. The van der Waals surface area contributed by atoms with Gasteiger partial charge >= 0.3 is 6.18 Å². The van der Waals surface area contributed by atoms with Crippen LogP contribution >= 0.6 is 11.3 Å². The number of para-hydroxylation sites is 1. The highest BCUT2D eigenvalue weighted by Crippen LogP contribution is 2.48. The molecule has 2 aliphatic heterocycles. The van der Waals surface area contributed by atoms with Gasteiger partial charge in [0.05, 0.1) is 23.8 Å². The van der Waals surface area contributed by atoms with Gasteiger partial charge in [-0.1, -0.05) is 18.2 Å². The van der Waals surface area contributed by atoms with Gasteiger partial charge in [-0.05, 0) is 36.8 Å². The van der Waals surface area contributed by atoms with E-state index >= 15 is 0 Å². The van der Waals surface area contributed by atoms with Crippen LogP contribution in [-0.2, 0) is 6.18 Å². The summed E-state index contributed by atoms with van der Waals surface area (Å²) in [7, 11) is 0. The van der Waals surface area contributed by atoms with Crippen molar-refractivity contribution < 1.29 is 22.7 Å². The van der Waals surface area contributed by atoms with Crippen molar-refractivity contribution in [1.82, 2.24) is 20.1 Å². The number of anilines is 2. The molecule has 9 nitrogen and oxygen atoms in total. The molecule has 0 unspecified atom stereocenters. The maximum atomic E-state index is 14.9. The number of fused-ring (bicyclic) bond motifs is 1. The molecule has 4 heterocycles. The standard InChI is InChI=1S/C28H26F3N7O2S/c29-28(30,31)24-23(40-18-4-2-1-3-5-18)7-6-20(25(24)38-13-12-37-11-9-19(32)22(37)15-38)35-26(39)21-16-41-27(36-21)17-8-10-33-34-14-17/h1-8,10,14,16,19,22H,9,11-13,15,32H2,(H,35,39)/t19-,22-/m1/s1. The fourth-order valence-electron chi connectivity index (χ4n) is 5.33. The van der Waals surface area contributed by atoms with Gasteiger partial charge in [-0.25, -0.2) is 4.98 Å². The van der Waals surface area contributed by atoms with E-state index in [-0.39, 0.29) is 47.2 Å². The lowest BCUT2D eigenvalue weighted by molar-refractivity contribution is -0.138. The van der Waals surface area contributed by atoms with Crippen molar-refractivity contribution in [3.63, 3.8) is 0 Å². The van der Waals surface area contributed by atoms with Gasteiger partial charge < -0.3 is 20.7 Å². The number of aromatic nitrogens is 3. The Kier molecular flexibility index (Phi) is 7.32. The Labute approximate surface area is 237 Å². The van der Waals surface area contributed by atoms with Crippen LogP contribution in [0.5, 0.6) is 11.5 Å². The van der Waals surface area contributed by atoms with Gasteiger partial charge in [-0.2, -0.15) is 23.4 Å². The molecule has 2 aromatic carbocycles. The van der Waals surface area contributed by atoms with Gasteiger partial charge in [0.2, 0.25) is 0 Å². The van der Waals surface area contributed by atoms with E-state index in [1.807, 2.05) is 0 Å². The Morgan fingerprint density at radius 2 is 1.90 bits per heavy atom. The third kappa shape index (κ3) is 5.60. The lowest BCUT2D eigenvalue weighted by Crippen LogP contribution is -2.55. The van der Waals surface area contributed by atoms with Crippen LogP contribution in [0.25, 0.3) is 10.6 Å². The van der Waals surface area contributed by atoms with Crippen molar-refractivity contribution >= 4 is 28.6 Å². The van der Waals surface area contributed by atoms with E-state index in [2.05, 4.69) is 25.4 Å². The number of alkyl halides is 3. The van der Waals surface area contributed by atoms with E-state index in [4.69, 9.17) is 10.5 Å². The molecule has 1 amide bonds. The van der Waals surface area contributed by atoms with Crippen LogP contribution in [0.4, 0.5) is 24.5 Å². The fourth-order valence-corrected chi connectivity index (χ4v) is 6.12. The van der Waals surface area contributed by atoms with Crippen LogP contribution in [0.15, 0.2) is 66.3 Å². The number of hydrogen-bond donors (Lipinski definition) is 2. The number of halogens is 3. The summed E-state index contributed by atoms with van der Waals surface area (Å²) in [6, 6.07) is 12.4. The molecule has 0 bridgehead atoms. The molecule has 2 fully saturated rings. The lowest BCUT2D eigenvalue weighted by Gasteiger charge is -2.41. The van der Waals surface area contributed by atoms with E-state index in [0.717, 1.165) is 13.0 Å². The number of carbonyl (C=O) groups is 1. The summed E-state index contributed by atoms with van der Waals surface area (Å²) in [6.45, 7) is 1.99. The second kappa shape index (κ2) is 11.1. The number of nitrogens with two attached hydrogens (primary N) is 1. The van der Waals surface area contributed by atoms with Crippen molar-refractivity contribution in [3.05, 3.63) is 77.6 Å². The number of ether oxygens (including phenoxy) is 1. The number of rotatable bonds is 6. The number of thiazole rings is 1. The second-order valence-electron chi connectivity index (χ2n) is 9.87. The van der Waals surface area contributed by atoms with Crippen molar-refractivity contribution in [1.29, 1.82) is 0 Å². The predicted molar refractivity (Wildman–Crippen MR) is 149 cm³/mol. The monoisotopic (exact) mass is 581 g/mol. The topological polar surface area (TPSA) is 110 Å². The molecule has 2 saturated heterocycles. The molecule has 0 spiro atoms. The normalized spacial score (nSPS) is 19.2. The van der Waals surface area contributed by atoms with Crippen LogP contribution in [0.1, 0.15) is 22.5 Å². The molecule has 0 radical (unpaired) electrons. The first-order valence-corrected chi connectivity index (χ1v) is 13.9. The largest absolute Gasteiger partial charge is 0.457 e. The maximum Gasteiger partial charge on any atom is 0.422 e. The number of piperazine rings is 1. The quantitative estimate of drug-likeness (QED) is 0.332. The van der Waals surface area contributed by atoms with Gasteiger partial charge in [0.25, 0.3) is 5.91 Å². The number of amides is 1. The van der Waals surface area contributed by atoms with Crippen LogP contribution < -0.4 is 20.7 Å². The lowest BCUT2D eigenvalue weighted by atomic mass is 10.0. The molecular weight excluding hydrogens is 555 g/mol. The number of carbonyl (C=O) groups excluding carboxylic acids is 1. The number of nitrogens with zero attached hydrogens (tertiary/aromatic N) is 5. The van der Waals surface area contributed by atoms with Gasteiger partial charge in [0.1, 0.15) is 27.8 Å². The van der Waals surface area contributed by atoms with E-state index in [1.54, 1.807) is 46.7 Å². The van der Waals surface area contributed by atoms with Crippen molar-refractivity contribution in [2.45, 2.75) is 24.7 Å². The molecule has 212 valence electrons. The van der Waals surface area contributed by atoms with E-state index in [1.165, 1.54) is 35.9 Å². The molecule has 13 heteroatoms. The highest BCUT2D eigenvalue weighted by Gasteiger charge is 2.43. The number of nitrogens with one attached hydrogen (secondary N) is 1. The van der Waals surface area contributed by atoms with Crippen LogP contribution in [0.2, 0.25) is 0 Å². The Balaban J connectivity index is 1.39. The Morgan fingerprint density at radius 1 is 1.07 bits per heavy atom. The smallest absolute Gasteiger partial charge is 0.422 e. The first-order chi connectivity index (χ1) is 19.8. The molecule has 3 N–H and O–H groups in total. The summed E-state index contributed by atoms with van der Waals surface area (Å²) in [5.74, 6) is -0.711. The Morgan fingerprint density at radius 3 is 2.66 bits per heavy atom. The average molecular weight is 582 g/mol. The third-order valence-electron chi connectivity index (χ3n) is 7.30. The van der Waals surface area contributed by atoms with Crippen molar-refractivity contribution in [2.24, 2.45) is 5.73 Å². The maximum absolute atomic E-state index is 14.9. The molecule has 41 heavy (non-hydrogen) atoms. The molecule has 2 atom stereocenters. The molecular formula is C28H26F3N7O2S. The molecule has 2 aliphatic rings. The summed E-state index contributed by atoms with van der Waals surface area (Å²) < 4.78 is 50.4. The predicted octanol–water partition coefficient (Wildman–Crippen LogP) is 4.89. The Bertz CT molecular complexity index is 1530. The van der Waals surface area contributed by atoms with Crippen molar-refractivity contribution in [2.75, 3.05) is 36.4 Å². The second-order valence-corrected chi connectivity index (χ2v) is 10.7. The minimum atomic E-state index is -4.78. The molecule has 4 aromatic rings. The number of hydrogen-bond acceptors (Lipinski definition) is 9. The summed E-state index contributed by atoms with van der Waals surface area (Å²) in [5, 5.41) is 12.4. The van der Waals surface area contributed by atoms with Crippen LogP contribution in [0.3, 0.4) is 0 Å².